The molecule has 1 saturated heterocycles. The zero-order chi connectivity index (χ0) is 17.6. The number of amides is 2. The highest BCUT2D eigenvalue weighted by molar-refractivity contribution is 7.13. The van der Waals surface area contributed by atoms with E-state index in [4.69, 9.17) is 4.74 Å². The number of carboxylic acid groups (broad SMARTS) is 1. The lowest BCUT2D eigenvalue weighted by atomic mass is 9.92. The number of benzene rings is 1. The van der Waals surface area contributed by atoms with E-state index in [2.05, 4.69) is 10.6 Å². The predicted molar refractivity (Wildman–Crippen MR) is 96.9 cm³/mol. The second-order valence-corrected chi connectivity index (χ2v) is 6.87. The van der Waals surface area contributed by atoms with Gasteiger partial charge in [-0.05, 0) is 47.9 Å². The summed E-state index contributed by atoms with van der Waals surface area (Å²) in [5.74, 6) is -1.14. The van der Waals surface area contributed by atoms with Gasteiger partial charge in [0.2, 0.25) is 0 Å². The number of anilines is 1. The first-order valence-corrected chi connectivity index (χ1v) is 9.03. The van der Waals surface area contributed by atoms with Gasteiger partial charge >= 0.3 is 12.0 Å². The number of thiophene rings is 1. The van der Waals surface area contributed by atoms with Crippen molar-refractivity contribution < 1.29 is 19.4 Å². The Labute approximate surface area is 149 Å². The minimum Gasteiger partial charge on any atom is -0.480 e. The molecule has 1 atom stereocenters. The number of rotatable bonds is 5. The quantitative estimate of drug-likeness (QED) is 0.762. The maximum Gasteiger partial charge on any atom is 0.326 e. The van der Waals surface area contributed by atoms with Crippen LogP contribution >= 0.6 is 11.3 Å². The molecule has 1 aromatic carbocycles. The standard InChI is InChI=1S/C18H20N2O4S/c21-17(22)16(12-6-8-24-9-7-12)20-18(23)19-14-4-1-3-13(11-14)15-5-2-10-25-15/h1-5,10-12,16H,6-9H2,(H,21,22)(H2,19,20,23)/t16-/m1/s1. The lowest BCUT2D eigenvalue weighted by molar-refractivity contribution is -0.141. The van der Waals surface area contributed by atoms with Gasteiger partial charge in [-0.25, -0.2) is 9.59 Å². The molecule has 1 aliphatic rings. The average Bonchev–Trinajstić information content (AvgIpc) is 3.15. The van der Waals surface area contributed by atoms with E-state index in [1.807, 2.05) is 35.7 Å². The van der Waals surface area contributed by atoms with E-state index in [0.717, 1.165) is 10.4 Å². The summed E-state index contributed by atoms with van der Waals surface area (Å²) < 4.78 is 5.26. The molecule has 2 amide bonds. The van der Waals surface area contributed by atoms with E-state index in [1.165, 1.54) is 0 Å². The average molecular weight is 360 g/mol. The number of ether oxygens (including phenoxy) is 1. The predicted octanol–water partition coefficient (Wildman–Crippen LogP) is 3.42. The highest BCUT2D eigenvalue weighted by Crippen LogP contribution is 2.26. The number of carbonyl (C=O) groups is 2. The van der Waals surface area contributed by atoms with Crippen LogP contribution in [-0.4, -0.2) is 36.4 Å². The largest absolute Gasteiger partial charge is 0.480 e. The Morgan fingerprint density at radius 2 is 2.00 bits per heavy atom. The van der Waals surface area contributed by atoms with E-state index in [-0.39, 0.29) is 5.92 Å². The molecule has 0 radical (unpaired) electrons. The summed E-state index contributed by atoms with van der Waals surface area (Å²) in [6.07, 6.45) is 1.26. The Kier molecular flexibility index (Phi) is 5.67. The van der Waals surface area contributed by atoms with E-state index in [0.29, 0.717) is 31.7 Å². The third-order valence-electron chi connectivity index (χ3n) is 4.22. The van der Waals surface area contributed by atoms with Crippen LogP contribution in [0.2, 0.25) is 0 Å². The first-order chi connectivity index (χ1) is 12.1. The molecule has 3 N–H and O–H groups in total. The van der Waals surface area contributed by atoms with Gasteiger partial charge in [0.05, 0.1) is 0 Å². The van der Waals surface area contributed by atoms with Crippen molar-refractivity contribution in [3.05, 3.63) is 41.8 Å². The molecule has 6 nitrogen and oxygen atoms in total. The van der Waals surface area contributed by atoms with Gasteiger partial charge in [0.25, 0.3) is 0 Å². The molecular formula is C18H20N2O4S. The van der Waals surface area contributed by atoms with E-state index in [1.54, 1.807) is 17.4 Å². The van der Waals surface area contributed by atoms with E-state index in [9.17, 15) is 14.7 Å². The van der Waals surface area contributed by atoms with Crippen molar-refractivity contribution in [2.45, 2.75) is 18.9 Å². The van der Waals surface area contributed by atoms with Gasteiger partial charge in [-0.1, -0.05) is 18.2 Å². The summed E-state index contributed by atoms with van der Waals surface area (Å²) in [6, 6.07) is 10.0. The number of aliphatic carboxylic acids is 1. The normalized spacial score (nSPS) is 16.2. The third kappa shape index (κ3) is 4.58. The van der Waals surface area contributed by atoms with E-state index >= 15 is 0 Å². The summed E-state index contributed by atoms with van der Waals surface area (Å²) in [5.41, 5.74) is 1.63. The van der Waals surface area contributed by atoms with Crippen LogP contribution in [0.4, 0.5) is 10.5 Å². The van der Waals surface area contributed by atoms with Crippen LogP contribution in [0.25, 0.3) is 10.4 Å². The van der Waals surface area contributed by atoms with Crippen molar-refractivity contribution in [2.75, 3.05) is 18.5 Å². The first kappa shape index (κ1) is 17.4. The van der Waals surface area contributed by atoms with Crippen LogP contribution in [0.5, 0.6) is 0 Å². The summed E-state index contributed by atoms with van der Waals surface area (Å²) in [7, 11) is 0. The second kappa shape index (κ2) is 8.13. The van der Waals surface area contributed by atoms with Gasteiger partial charge in [-0.15, -0.1) is 11.3 Å². The molecule has 7 heteroatoms. The zero-order valence-corrected chi connectivity index (χ0v) is 14.4. The van der Waals surface area contributed by atoms with Crippen molar-refractivity contribution in [3.63, 3.8) is 0 Å². The van der Waals surface area contributed by atoms with Gasteiger partial charge in [-0.3, -0.25) is 0 Å². The molecule has 0 saturated carbocycles. The van der Waals surface area contributed by atoms with Crippen molar-refractivity contribution in [1.29, 1.82) is 0 Å². The highest BCUT2D eigenvalue weighted by atomic mass is 32.1. The minimum atomic E-state index is -1.02. The maximum absolute atomic E-state index is 12.3. The summed E-state index contributed by atoms with van der Waals surface area (Å²) in [5, 5.41) is 16.7. The van der Waals surface area contributed by atoms with Gasteiger partial charge in [0.15, 0.2) is 0 Å². The lowest BCUT2D eigenvalue weighted by Crippen LogP contribution is -2.48. The molecule has 1 aromatic heterocycles. The van der Waals surface area contributed by atoms with Gasteiger partial charge < -0.3 is 20.5 Å². The number of carboxylic acids is 1. The Bertz CT molecular complexity index is 726. The van der Waals surface area contributed by atoms with Crippen molar-refractivity contribution >= 4 is 29.0 Å². The summed E-state index contributed by atoms with van der Waals surface area (Å²) in [4.78, 5) is 24.9. The van der Waals surface area contributed by atoms with Crippen LogP contribution < -0.4 is 10.6 Å². The molecule has 2 aromatic rings. The molecule has 1 aliphatic heterocycles. The van der Waals surface area contributed by atoms with Crippen molar-refractivity contribution in [3.8, 4) is 10.4 Å². The molecule has 132 valence electrons. The van der Waals surface area contributed by atoms with Gasteiger partial charge in [0, 0.05) is 23.8 Å². The van der Waals surface area contributed by atoms with E-state index < -0.39 is 18.0 Å². The topological polar surface area (TPSA) is 87.7 Å². The van der Waals surface area contributed by atoms with Crippen LogP contribution in [0, 0.1) is 5.92 Å². The van der Waals surface area contributed by atoms with Crippen LogP contribution in [0.3, 0.4) is 0 Å². The summed E-state index contributed by atoms with van der Waals surface area (Å²) >= 11 is 1.62. The number of carbonyl (C=O) groups excluding carboxylic acids is 1. The lowest BCUT2D eigenvalue weighted by Gasteiger charge is -2.28. The molecular weight excluding hydrogens is 340 g/mol. The number of nitrogens with one attached hydrogen (secondary N) is 2. The third-order valence-corrected chi connectivity index (χ3v) is 5.14. The molecule has 25 heavy (non-hydrogen) atoms. The Morgan fingerprint density at radius 1 is 1.20 bits per heavy atom. The van der Waals surface area contributed by atoms with Gasteiger partial charge in [0.1, 0.15) is 6.04 Å². The van der Waals surface area contributed by atoms with Crippen LogP contribution in [-0.2, 0) is 9.53 Å². The zero-order valence-electron chi connectivity index (χ0n) is 13.6. The van der Waals surface area contributed by atoms with Crippen molar-refractivity contribution in [2.24, 2.45) is 5.92 Å². The monoisotopic (exact) mass is 360 g/mol. The van der Waals surface area contributed by atoms with Gasteiger partial charge in [-0.2, -0.15) is 0 Å². The first-order valence-electron chi connectivity index (χ1n) is 8.15. The Morgan fingerprint density at radius 3 is 2.68 bits per heavy atom. The smallest absolute Gasteiger partial charge is 0.326 e. The molecule has 0 unspecified atom stereocenters. The Hall–Kier alpha value is -2.38. The number of urea groups is 1. The second-order valence-electron chi connectivity index (χ2n) is 5.92. The molecule has 3 rings (SSSR count). The molecule has 1 fully saturated rings. The molecule has 2 heterocycles. The number of hydrogen-bond donors (Lipinski definition) is 3. The highest BCUT2D eigenvalue weighted by Gasteiger charge is 2.31. The molecule has 0 aliphatic carbocycles. The number of hydrogen-bond acceptors (Lipinski definition) is 4. The Balaban J connectivity index is 1.65. The SMILES string of the molecule is O=C(Nc1cccc(-c2cccs2)c1)N[C@@H](C(=O)O)C1CCOCC1. The minimum absolute atomic E-state index is 0.116. The fraction of sp³-hybridized carbons (Fsp3) is 0.333. The molecule has 0 spiro atoms. The molecule has 0 bridgehead atoms. The van der Waals surface area contributed by atoms with Crippen LogP contribution in [0.15, 0.2) is 41.8 Å². The fourth-order valence-corrected chi connectivity index (χ4v) is 3.66. The fourth-order valence-electron chi connectivity index (χ4n) is 2.93. The van der Waals surface area contributed by atoms with Crippen LogP contribution in [0.1, 0.15) is 12.8 Å². The van der Waals surface area contributed by atoms with Crippen molar-refractivity contribution in [1.82, 2.24) is 5.32 Å². The maximum atomic E-state index is 12.3. The summed E-state index contributed by atoms with van der Waals surface area (Å²) in [6.45, 7) is 1.06.